The van der Waals surface area contributed by atoms with E-state index in [4.69, 9.17) is 9.47 Å². The third-order valence-corrected chi connectivity index (χ3v) is 3.63. The van der Waals surface area contributed by atoms with E-state index in [1.54, 1.807) is 36.4 Å². The van der Waals surface area contributed by atoms with Gasteiger partial charge in [-0.05, 0) is 12.8 Å². The number of carbonyl (C=O) groups excluding carboxylic acids is 2. The molecule has 0 unspecified atom stereocenters. The van der Waals surface area contributed by atoms with Gasteiger partial charge in [-0.15, -0.1) is 0 Å². The number of rotatable bonds is 10. The summed E-state index contributed by atoms with van der Waals surface area (Å²) in [6.45, 7) is 4.88. The van der Waals surface area contributed by atoms with Gasteiger partial charge >= 0.3 is 0 Å². The largest absolute Gasteiger partial charge is 0.346 e. The Labute approximate surface area is 148 Å². The second-order valence-electron chi connectivity index (χ2n) is 5.71. The van der Waals surface area contributed by atoms with E-state index in [1.165, 1.54) is 0 Å². The predicted molar refractivity (Wildman–Crippen MR) is 96.9 cm³/mol. The van der Waals surface area contributed by atoms with E-state index in [0.717, 1.165) is 12.8 Å². The molecule has 25 heavy (non-hydrogen) atoms. The molecule has 2 rings (SSSR count). The summed E-state index contributed by atoms with van der Waals surface area (Å²) >= 11 is 0. The molecule has 0 saturated heterocycles. The van der Waals surface area contributed by atoms with Crippen molar-refractivity contribution in [1.82, 2.24) is 0 Å². The zero-order chi connectivity index (χ0) is 18.1. The van der Waals surface area contributed by atoms with Gasteiger partial charge in [-0.3, -0.25) is 9.59 Å². The van der Waals surface area contributed by atoms with E-state index in [1.807, 2.05) is 32.0 Å². The van der Waals surface area contributed by atoms with Gasteiger partial charge in [-0.1, -0.05) is 68.4 Å². The van der Waals surface area contributed by atoms with Gasteiger partial charge in [-0.2, -0.15) is 0 Å². The van der Waals surface area contributed by atoms with Crippen LogP contribution in [0.2, 0.25) is 0 Å². The fourth-order valence-corrected chi connectivity index (χ4v) is 2.33. The maximum Gasteiger partial charge on any atom is 0.222 e. The first-order chi connectivity index (χ1) is 12.2. The van der Waals surface area contributed by atoms with Crippen LogP contribution in [0.5, 0.6) is 0 Å². The van der Waals surface area contributed by atoms with Crippen molar-refractivity contribution in [2.45, 2.75) is 33.0 Å². The number of ketones is 2. The molecule has 0 spiro atoms. The standard InChI is InChI=1S/C21H24O4/c1-3-14-24-21(25-15-4-2)20(23)18-12-10-17(11-13-18)19(22)16-8-6-5-7-9-16/h5-13,21H,3-4,14-15H2,1-2H3. The number of hydrogen-bond acceptors (Lipinski definition) is 4. The highest BCUT2D eigenvalue weighted by molar-refractivity contribution is 6.09. The van der Waals surface area contributed by atoms with Crippen molar-refractivity contribution in [2.24, 2.45) is 0 Å². The summed E-state index contributed by atoms with van der Waals surface area (Å²) in [6.07, 6.45) is 0.726. The summed E-state index contributed by atoms with van der Waals surface area (Å²) in [5.74, 6) is -0.291. The van der Waals surface area contributed by atoms with E-state index in [2.05, 4.69) is 0 Å². The summed E-state index contributed by atoms with van der Waals surface area (Å²) < 4.78 is 11.0. The zero-order valence-corrected chi connectivity index (χ0v) is 14.7. The monoisotopic (exact) mass is 340 g/mol. The van der Waals surface area contributed by atoms with Crippen LogP contribution in [0.25, 0.3) is 0 Å². The summed E-state index contributed by atoms with van der Waals surface area (Å²) in [5, 5.41) is 0. The van der Waals surface area contributed by atoms with Gasteiger partial charge in [0, 0.05) is 29.9 Å². The molecule has 0 bridgehead atoms. The van der Waals surface area contributed by atoms with Crippen LogP contribution in [0, 0.1) is 0 Å². The zero-order valence-electron chi connectivity index (χ0n) is 14.7. The summed E-state index contributed by atoms with van der Waals surface area (Å²) in [5.41, 5.74) is 1.64. The molecule has 0 N–H and O–H groups in total. The lowest BCUT2D eigenvalue weighted by atomic mass is 10.0. The van der Waals surface area contributed by atoms with Gasteiger partial charge in [0.15, 0.2) is 5.78 Å². The normalized spacial score (nSPS) is 10.8. The highest BCUT2D eigenvalue weighted by atomic mass is 16.7. The van der Waals surface area contributed by atoms with Crippen molar-refractivity contribution < 1.29 is 19.1 Å². The number of benzene rings is 2. The van der Waals surface area contributed by atoms with Crippen LogP contribution >= 0.6 is 0 Å². The Morgan fingerprint density at radius 2 is 1.24 bits per heavy atom. The highest BCUT2D eigenvalue weighted by Crippen LogP contribution is 2.14. The molecule has 0 aliphatic carbocycles. The van der Waals surface area contributed by atoms with Crippen molar-refractivity contribution in [3.8, 4) is 0 Å². The van der Waals surface area contributed by atoms with Gasteiger partial charge < -0.3 is 9.47 Å². The molecule has 4 nitrogen and oxygen atoms in total. The lowest BCUT2D eigenvalue weighted by Crippen LogP contribution is -2.28. The first-order valence-electron chi connectivity index (χ1n) is 8.64. The van der Waals surface area contributed by atoms with Crippen LogP contribution in [-0.4, -0.2) is 31.1 Å². The minimum absolute atomic E-state index is 0.0689. The van der Waals surface area contributed by atoms with Crippen LogP contribution in [0.3, 0.4) is 0 Å². The van der Waals surface area contributed by atoms with Gasteiger partial charge in [0.1, 0.15) is 0 Å². The lowest BCUT2D eigenvalue weighted by Gasteiger charge is -2.17. The van der Waals surface area contributed by atoms with Crippen LogP contribution < -0.4 is 0 Å². The molecule has 0 aromatic heterocycles. The third kappa shape index (κ3) is 5.34. The molecule has 0 aliphatic heterocycles. The third-order valence-electron chi connectivity index (χ3n) is 3.63. The molecule has 0 heterocycles. The second kappa shape index (κ2) is 9.87. The topological polar surface area (TPSA) is 52.6 Å². The van der Waals surface area contributed by atoms with E-state index >= 15 is 0 Å². The minimum Gasteiger partial charge on any atom is -0.346 e. The van der Waals surface area contributed by atoms with Crippen molar-refractivity contribution in [3.63, 3.8) is 0 Å². The maximum absolute atomic E-state index is 12.6. The first-order valence-corrected chi connectivity index (χ1v) is 8.64. The van der Waals surface area contributed by atoms with Gasteiger partial charge in [-0.25, -0.2) is 0 Å². The van der Waals surface area contributed by atoms with Crippen molar-refractivity contribution in [1.29, 1.82) is 0 Å². The highest BCUT2D eigenvalue weighted by Gasteiger charge is 2.21. The van der Waals surface area contributed by atoms with E-state index in [-0.39, 0.29) is 11.6 Å². The Morgan fingerprint density at radius 1 is 0.760 bits per heavy atom. The Balaban J connectivity index is 2.11. The first kappa shape index (κ1) is 19.0. The van der Waals surface area contributed by atoms with Gasteiger partial charge in [0.25, 0.3) is 0 Å². The Hall–Kier alpha value is -2.30. The van der Waals surface area contributed by atoms with E-state index < -0.39 is 6.29 Å². The van der Waals surface area contributed by atoms with Gasteiger partial charge in [0.2, 0.25) is 12.1 Å². The Kier molecular flexibility index (Phi) is 7.51. The summed E-state index contributed by atoms with van der Waals surface area (Å²) in [7, 11) is 0. The molecule has 2 aromatic carbocycles. The van der Waals surface area contributed by atoms with Crippen molar-refractivity contribution in [2.75, 3.05) is 13.2 Å². The van der Waals surface area contributed by atoms with Crippen molar-refractivity contribution >= 4 is 11.6 Å². The number of hydrogen-bond donors (Lipinski definition) is 0. The predicted octanol–water partition coefficient (Wildman–Crippen LogP) is 4.28. The summed E-state index contributed by atoms with van der Waals surface area (Å²) in [4.78, 5) is 25.0. The molecule has 132 valence electrons. The number of ether oxygens (including phenoxy) is 2. The number of carbonyl (C=O) groups is 2. The summed E-state index contributed by atoms with van der Waals surface area (Å²) in [6, 6.07) is 15.7. The van der Waals surface area contributed by atoms with E-state index in [0.29, 0.717) is 29.9 Å². The maximum atomic E-state index is 12.6. The average Bonchev–Trinajstić information content (AvgIpc) is 2.68. The molecule has 0 atom stereocenters. The molecule has 0 saturated carbocycles. The molecule has 0 amide bonds. The van der Waals surface area contributed by atoms with Crippen LogP contribution in [-0.2, 0) is 9.47 Å². The minimum atomic E-state index is -0.893. The SMILES string of the molecule is CCCOC(OCCC)C(=O)c1ccc(C(=O)c2ccccc2)cc1. The molecule has 0 fully saturated rings. The molecule has 0 radical (unpaired) electrons. The van der Waals surface area contributed by atoms with E-state index in [9.17, 15) is 9.59 Å². The lowest BCUT2D eigenvalue weighted by molar-refractivity contribution is -0.114. The molecule has 4 heteroatoms. The Bertz CT molecular complexity index is 669. The molecular formula is C21H24O4. The van der Waals surface area contributed by atoms with Crippen LogP contribution in [0.15, 0.2) is 54.6 Å². The fourth-order valence-electron chi connectivity index (χ4n) is 2.33. The molecular weight excluding hydrogens is 316 g/mol. The molecule has 0 aliphatic rings. The smallest absolute Gasteiger partial charge is 0.222 e. The number of Topliss-reactive ketones (excluding diaryl/α,β-unsaturated/α-hetero) is 1. The quantitative estimate of drug-likeness (QED) is 0.478. The van der Waals surface area contributed by atoms with Crippen molar-refractivity contribution in [3.05, 3.63) is 71.3 Å². The fraction of sp³-hybridized carbons (Fsp3) is 0.333. The van der Waals surface area contributed by atoms with Gasteiger partial charge in [0.05, 0.1) is 0 Å². The Morgan fingerprint density at radius 3 is 1.76 bits per heavy atom. The van der Waals surface area contributed by atoms with Crippen LogP contribution in [0.1, 0.15) is 53.0 Å². The average molecular weight is 340 g/mol. The molecule has 2 aromatic rings. The second-order valence-corrected chi connectivity index (χ2v) is 5.71. The van der Waals surface area contributed by atoms with Crippen LogP contribution in [0.4, 0.5) is 0 Å².